The lowest BCUT2D eigenvalue weighted by Gasteiger charge is -2.33. The molecule has 28 heavy (non-hydrogen) atoms. The monoisotopic (exact) mass is 391 g/mol. The molecule has 2 aliphatic rings. The van der Waals surface area contributed by atoms with Crippen molar-refractivity contribution in [2.24, 2.45) is 5.92 Å². The van der Waals surface area contributed by atoms with Crippen LogP contribution in [0.2, 0.25) is 0 Å². The van der Waals surface area contributed by atoms with Crippen molar-refractivity contribution < 1.29 is 18.0 Å². The van der Waals surface area contributed by atoms with Gasteiger partial charge in [-0.25, -0.2) is 4.98 Å². The SMILES string of the molecule is O=C(c1nc(-c2ccccc2)n2c1CCCCC2)N1CCC[C@@H](C(F)(F)F)C1. The first-order chi connectivity index (χ1) is 13.4. The van der Waals surface area contributed by atoms with Crippen LogP contribution in [-0.4, -0.2) is 39.6 Å². The molecular weight excluding hydrogens is 367 g/mol. The molecule has 0 unspecified atom stereocenters. The van der Waals surface area contributed by atoms with Gasteiger partial charge in [-0.15, -0.1) is 0 Å². The van der Waals surface area contributed by atoms with Crippen LogP contribution in [-0.2, 0) is 13.0 Å². The molecule has 0 bridgehead atoms. The molecule has 0 N–H and O–H groups in total. The predicted octanol–water partition coefficient (Wildman–Crippen LogP) is 4.69. The van der Waals surface area contributed by atoms with Crippen LogP contribution < -0.4 is 0 Å². The van der Waals surface area contributed by atoms with Crippen LogP contribution in [0, 0.1) is 5.92 Å². The second-order valence-corrected chi connectivity index (χ2v) is 7.69. The highest BCUT2D eigenvalue weighted by molar-refractivity contribution is 5.94. The molecule has 0 aliphatic carbocycles. The summed E-state index contributed by atoms with van der Waals surface area (Å²) in [6, 6.07) is 9.68. The van der Waals surface area contributed by atoms with E-state index in [1.54, 1.807) is 0 Å². The maximum Gasteiger partial charge on any atom is 0.393 e. The summed E-state index contributed by atoms with van der Waals surface area (Å²) in [5.74, 6) is -1.06. The summed E-state index contributed by atoms with van der Waals surface area (Å²) in [7, 11) is 0. The van der Waals surface area contributed by atoms with Crippen molar-refractivity contribution in [3.63, 3.8) is 0 Å². The number of rotatable bonds is 2. The molecule has 0 spiro atoms. The number of carbonyl (C=O) groups excluding carboxylic acids is 1. The van der Waals surface area contributed by atoms with Gasteiger partial charge in [-0.3, -0.25) is 4.79 Å². The number of piperidine rings is 1. The molecule has 1 aromatic heterocycles. The lowest BCUT2D eigenvalue weighted by Crippen LogP contribution is -2.45. The van der Waals surface area contributed by atoms with Crippen LogP contribution in [0.15, 0.2) is 30.3 Å². The zero-order valence-electron chi connectivity index (χ0n) is 15.7. The average Bonchev–Trinajstić information content (AvgIpc) is 2.88. The van der Waals surface area contributed by atoms with Crippen LogP contribution in [0.25, 0.3) is 11.4 Å². The fraction of sp³-hybridized carbons (Fsp3) is 0.524. The van der Waals surface area contributed by atoms with Crippen molar-refractivity contribution in [2.45, 2.75) is 51.2 Å². The van der Waals surface area contributed by atoms with Crippen molar-refractivity contribution in [1.29, 1.82) is 0 Å². The maximum absolute atomic E-state index is 13.2. The van der Waals surface area contributed by atoms with E-state index in [0.717, 1.165) is 49.3 Å². The van der Waals surface area contributed by atoms with Gasteiger partial charge in [0.2, 0.25) is 0 Å². The molecule has 4 nitrogen and oxygen atoms in total. The minimum absolute atomic E-state index is 0.0871. The number of nitrogens with zero attached hydrogens (tertiary/aromatic N) is 3. The quantitative estimate of drug-likeness (QED) is 0.745. The Bertz CT molecular complexity index is 845. The summed E-state index contributed by atoms with van der Waals surface area (Å²) in [6.07, 6.45) is -0.0243. The molecule has 1 fully saturated rings. The number of hydrogen-bond donors (Lipinski definition) is 0. The average molecular weight is 391 g/mol. The number of amides is 1. The molecule has 3 heterocycles. The number of carbonyl (C=O) groups is 1. The minimum atomic E-state index is -4.26. The fourth-order valence-electron chi connectivity index (χ4n) is 4.28. The summed E-state index contributed by atoms with van der Waals surface area (Å²) in [5.41, 5.74) is 2.13. The highest BCUT2D eigenvalue weighted by atomic mass is 19.4. The molecule has 0 radical (unpaired) electrons. The van der Waals surface area contributed by atoms with E-state index in [-0.39, 0.29) is 18.9 Å². The zero-order valence-corrected chi connectivity index (χ0v) is 15.7. The third kappa shape index (κ3) is 3.66. The molecule has 1 atom stereocenters. The smallest absolute Gasteiger partial charge is 0.337 e. The summed E-state index contributed by atoms with van der Waals surface area (Å²) >= 11 is 0. The van der Waals surface area contributed by atoms with Crippen molar-refractivity contribution >= 4 is 5.91 Å². The van der Waals surface area contributed by atoms with E-state index < -0.39 is 12.1 Å². The summed E-state index contributed by atoms with van der Waals surface area (Å²) < 4.78 is 41.6. The number of benzene rings is 1. The van der Waals surface area contributed by atoms with Crippen LogP contribution in [0.1, 0.15) is 48.3 Å². The molecule has 1 aromatic carbocycles. The van der Waals surface area contributed by atoms with Crippen molar-refractivity contribution in [2.75, 3.05) is 13.1 Å². The Morgan fingerprint density at radius 2 is 1.82 bits per heavy atom. The largest absolute Gasteiger partial charge is 0.393 e. The van der Waals surface area contributed by atoms with Crippen LogP contribution in [0.3, 0.4) is 0 Å². The van der Waals surface area contributed by atoms with Gasteiger partial charge in [-0.05, 0) is 32.1 Å². The van der Waals surface area contributed by atoms with E-state index in [4.69, 9.17) is 0 Å². The molecule has 2 aromatic rings. The standard InChI is InChI=1S/C21H24F3N3O/c22-21(23,24)16-10-7-12-26(14-16)20(28)18-17-11-5-2-6-13-27(17)19(25-18)15-8-3-1-4-9-15/h1,3-4,8-9,16H,2,5-7,10-14H2/t16-/m1/s1. The van der Waals surface area contributed by atoms with Gasteiger partial charge < -0.3 is 9.47 Å². The van der Waals surface area contributed by atoms with Crippen LogP contribution >= 0.6 is 0 Å². The van der Waals surface area contributed by atoms with Crippen molar-refractivity contribution in [3.8, 4) is 11.4 Å². The zero-order chi connectivity index (χ0) is 19.7. The Balaban J connectivity index is 1.69. The fourth-order valence-corrected chi connectivity index (χ4v) is 4.28. The van der Waals surface area contributed by atoms with Gasteiger partial charge in [0.05, 0.1) is 11.6 Å². The minimum Gasteiger partial charge on any atom is -0.337 e. The van der Waals surface area contributed by atoms with Gasteiger partial charge in [-0.2, -0.15) is 13.2 Å². The van der Waals surface area contributed by atoms with E-state index in [1.165, 1.54) is 4.90 Å². The van der Waals surface area contributed by atoms with Crippen molar-refractivity contribution in [3.05, 3.63) is 41.7 Å². The van der Waals surface area contributed by atoms with Gasteiger partial charge in [-0.1, -0.05) is 36.8 Å². The highest BCUT2D eigenvalue weighted by Crippen LogP contribution is 2.34. The summed E-state index contributed by atoms with van der Waals surface area (Å²) in [6.45, 7) is 0.874. The number of aromatic nitrogens is 2. The van der Waals surface area contributed by atoms with E-state index in [9.17, 15) is 18.0 Å². The number of alkyl halides is 3. The third-order valence-corrected chi connectivity index (χ3v) is 5.77. The number of likely N-dealkylation sites (tertiary alicyclic amines) is 1. The number of hydrogen-bond acceptors (Lipinski definition) is 2. The first kappa shape index (κ1) is 19.0. The molecule has 4 rings (SSSR count). The topological polar surface area (TPSA) is 38.1 Å². The van der Waals surface area contributed by atoms with Crippen molar-refractivity contribution in [1.82, 2.24) is 14.5 Å². The van der Waals surface area contributed by atoms with E-state index in [2.05, 4.69) is 9.55 Å². The van der Waals surface area contributed by atoms with Gasteiger partial charge in [0.1, 0.15) is 11.5 Å². The van der Waals surface area contributed by atoms with Gasteiger partial charge in [0.15, 0.2) is 0 Å². The molecule has 2 aliphatic heterocycles. The Morgan fingerprint density at radius 1 is 1.04 bits per heavy atom. The first-order valence-electron chi connectivity index (χ1n) is 9.96. The Hall–Kier alpha value is -2.31. The number of fused-ring (bicyclic) bond motifs is 1. The van der Waals surface area contributed by atoms with Crippen LogP contribution in [0.4, 0.5) is 13.2 Å². The second-order valence-electron chi connectivity index (χ2n) is 7.69. The summed E-state index contributed by atoms with van der Waals surface area (Å²) in [4.78, 5) is 19.2. The van der Waals surface area contributed by atoms with Gasteiger partial charge >= 0.3 is 6.18 Å². The Labute approximate surface area is 162 Å². The van der Waals surface area contributed by atoms with Crippen LogP contribution in [0.5, 0.6) is 0 Å². The molecule has 0 saturated carbocycles. The Morgan fingerprint density at radius 3 is 2.57 bits per heavy atom. The van der Waals surface area contributed by atoms with Gasteiger partial charge in [0, 0.05) is 25.2 Å². The first-order valence-corrected chi connectivity index (χ1v) is 9.96. The molecule has 150 valence electrons. The lowest BCUT2D eigenvalue weighted by atomic mass is 9.97. The second kappa shape index (κ2) is 7.60. The molecule has 1 saturated heterocycles. The van der Waals surface area contributed by atoms with Gasteiger partial charge in [0.25, 0.3) is 5.91 Å². The highest BCUT2D eigenvalue weighted by Gasteiger charge is 2.43. The molecular formula is C21H24F3N3O. The maximum atomic E-state index is 13.2. The predicted molar refractivity (Wildman–Crippen MR) is 99.9 cm³/mol. The lowest BCUT2D eigenvalue weighted by molar-refractivity contribution is -0.184. The van der Waals surface area contributed by atoms with E-state index >= 15 is 0 Å². The summed E-state index contributed by atoms with van der Waals surface area (Å²) in [5, 5.41) is 0. The van der Waals surface area contributed by atoms with E-state index in [0.29, 0.717) is 18.7 Å². The van der Waals surface area contributed by atoms with E-state index in [1.807, 2.05) is 30.3 Å². The third-order valence-electron chi connectivity index (χ3n) is 5.77. The number of halogens is 3. The number of imidazole rings is 1. The molecule has 7 heteroatoms. The Kier molecular flexibility index (Phi) is 5.17. The molecule has 1 amide bonds. The normalized spacial score (nSPS) is 20.5.